The van der Waals surface area contributed by atoms with Crippen LogP contribution in [0.4, 0.5) is 0 Å². The lowest BCUT2D eigenvalue weighted by molar-refractivity contribution is 1.36. The Bertz CT molecular complexity index is 440. The topological polar surface area (TPSA) is 12.9 Å². The third-order valence-corrected chi connectivity index (χ3v) is 2.55. The molecule has 0 aliphatic heterocycles. The predicted molar refractivity (Wildman–Crippen MR) is 56.3 cm³/mol. The molecule has 0 bridgehead atoms. The molecule has 0 atom stereocenters. The molecule has 0 spiro atoms. The molecule has 1 heterocycles. The summed E-state index contributed by atoms with van der Waals surface area (Å²) < 4.78 is 0. The van der Waals surface area contributed by atoms with Gasteiger partial charge in [0.2, 0.25) is 0 Å². The summed E-state index contributed by atoms with van der Waals surface area (Å²) in [6.45, 7) is 0. The van der Waals surface area contributed by atoms with Gasteiger partial charge in [0.05, 0.1) is 5.52 Å². The van der Waals surface area contributed by atoms with Crippen LogP contribution in [0.1, 0.15) is 5.56 Å². The summed E-state index contributed by atoms with van der Waals surface area (Å²) >= 11 is 11.7. The minimum atomic E-state index is 0.422. The largest absolute Gasteiger partial charge is 0.256 e. The molecule has 0 aliphatic carbocycles. The van der Waals surface area contributed by atoms with Gasteiger partial charge >= 0.3 is 0 Å². The average Bonchev–Trinajstić information content (AvgIpc) is 2.17. The van der Waals surface area contributed by atoms with Crippen molar-refractivity contribution in [2.24, 2.45) is 0 Å². The SMILES string of the molecule is ClCc1cc2ncccc2cc1Cl. The van der Waals surface area contributed by atoms with Crippen LogP contribution in [0.2, 0.25) is 5.02 Å². The molecule has 0 amide bonds. The van der Waals surface area contributed by atoms with Crippen molar-refractivity contribution in [3.05, 3.63) is 41.0 Å². The summed E-state index contributed by atoms with van der Waals surface area (Å²) in [5.41, 5.74) is 1.86. The van der Waals surface area contributed by atoms with Crippen LogP contribution in [0, 0.1) is 0 Å². The molecule has 2 aromatic rings. The molecule has 13 heavy (non-hydrogen) atoms. The number of fused-ring (bicyclic) bond motifs is 1. The number of hydrogen-bond donors (Lipinski definition) is 0. The Hall–Kier alpha value is -0.790. The number of hydrogen-bond acceptors (Lipinski definition) is 1. The first-order chi connectivity index (χ1) is 6.31. The van der Waals surface area contributed by atoms with Crippen molar-refractivity contribution in [1.82, 2.24) is 4.98 Å². The third-order valence-electron chi connectivity index (χ3n) is 1.92. The van der Waals surface area contributed by atoms with E-state index in [0.29, 0.717) is 10.9 Å². The Labute approximate surface area is 86.3 Å². The van der Waals surface area contributed by atoms with Gasteiger partial charge in [-0.3, -0.25) is 4.98 Å². The highest BCUT2D eigenvalue weighted by molar-refractivity contribution is 6.33. The van der Waals surface area contributed by atoms with Crippen LogP contribution in [-0.4, -0.2) is 4.98 Å². The summed E-state index contributed by atoms with van der Waals surface area (Å²) in [5, 5.41) is 1.75. The molecule has 1 aromatic heterocycles. The first kappa shape index (κ1) is 8.79. The van der Waals surface area contributed by atoms with Crippen molar-refractivity contribution >= 4 is 34.1 Å². The Morgan fingerprint density at radius 2 is 2.15 bits per heavy atom. The number of benzene rings is 1. The fourth-order valence-electron chi connectivity index (χ4n) is 1.24. The molecule has 0 aliphatic rings. The summed E-state index contributed by atoms with van der Waals surface area (Å²) in [6, 6.07) is 7.68. The van der Waals surface area contributed by atoms with Gasteiger partial charge in [0.1, 0.15) is 0 Å². The maximum Gasteiger partial charge on any atom is 0.0706 e. The highest BCUT2D eigenvalue weighted by Gasteiger charge is 2.01. The van der Waals surface area contributed by atoms with Crippen molar-refractivity contribution in [2.75, 3.05) is 0 Å². The molecular formula is C10H7Cl2N. The highest BCUT2D eigenvalue weighted by atomic mass is 35.5. The standard InChI is InChI=1S/C10H7Cl2N/c11-6-8-5-10-7(4-9(8)12)2-1-3-13-10/h1-5H,6H2. The minimum Gasteiger partial charge on any atom is -0.256 e. The van der Waals surface area contributed by atoms with E-state index in [2.05, 4.69) is 4.98 Å². The lowest BCUT2D eigenvalue weighted by atomic mass is 10.1. The zero-order chi connectivity index (χ0) is 9.26. The normalized spacial score (nSPS) is 10.6. The molecule has 0 saturated carbocycles. The van der Waals surface area contributed by atoms with Crippen LogP contribution in [0.25, 0.3) is 10.9 Å². The first-order valence-corrected chi connectivity index (χ1v) is 4.81. The van der Waals surface area contributed by atoms with Gasteiger partial charge in [0, 0.05) is 22.5 Å². The lowest BCUT2D eigenvalue weighted by Gasteiger charge is -2.02. The monoisotopic (exact) mass is 211 g/mol. The molecule has 0 unspecified atom stereocenters. The molecule has 2 rings (SSSR count). The van der Waals surface area contributed by atoms with Gasteiger partial charge in [-0.2, -0.15) is 0 Å². The molecule has 1 nitrogen and oxygen atoms in total. The smallest absolute Gasteiger partial charge is 0.0706 e. The second-order valence-electron chi connectivity index (χ2n) is 2.77. The Morgan fingerprint density at radius 1 is 1.31 bits per heavy atom. The van der Waals surface area contributed by atoms with Gasteiger partial charge in [-0.1, -0.05) is 17.7 Å². The number of alkyl halides is 1. The van der Waals surface area contributed by atoms with Gasteiger partial charge in [-0.05, 0) is 23.8 Å². The molecule has 0 fully saturated rings. The second kappa shape index (κ2) is 3.52. The lowest BCUT2D eigenvalue weighted by Crippen LogP contribution is -1.83. The molecular weight excluding hydrogens is 205 g/mol. The van der Waals surface area contributed by atoms with Crippen LogP contribution in [0.3, 0.4) is 0 Å². The fraction of sp³-hybridized carbons (Fsp3) is 0.100. The number of rotatable bonds is 1. The summed E-state index contributed by atoms with van der Waals surface area (Å²) in [6.07, 6.45) is 1.76. The van der Waals surface area contributed by atoms with E-state index in [-0.39, 0.29) is 0 Å². The van der Waals surface area contributed by atoms with E-state index in [0.717, 1.165) is 16.5 Å². The van der Waals surface area contributed by atoms with E-state index in [1.165, 1.54) is 0 Å². The molecule has 0 radical (unpaired) electrons. The van der Waals surface area contributed by atoms with Crippen LogP contribution in [0.15, 0.2) is 30.5 Å². The van der Waals surface area contributed by atoms with Crippen LogP contribution < -0.4 is 0 Å². The van der Waals surface area contributed by atoms with E-state index >= 15 is 0 Å². The van der Waals surface area contributed by atoms with Crippen LogP contribution in [0.5, 0.6) is 0 Å². The molecule has 0 saturated heterocycles. The summed E-state index contributed by atoms with van der Waals surface area (Å²) in [5.74, 6) is 0.422. The Kier molecular flexibility index (Phi) is 2.38. The first-order valence-electron chi connectivity index (χ1n) is 3.90. The van der Waals surface area contributed by atoms with Crippen molar-refractivity contribution < 1.29 is 0 Å². The van der Waals surface area contributed by atoms with E-state index in [4.69, 9.17) is 23.2 Å². The van der Waals surface area contributed by atoms with E-state index in [1.807, 2.05) is 24.3 Å². The maximum absolute atomic E-state index is 5.99. The Balaban J connectivity index is 2.74. The number of aromatic nitrogens is 1. The number of nitrogens with zero attached hydrogens (tertiary/aromatic N) is 1. The summed E-state index contributed by atoms with van der Waals surface area (Å²) in [4.78, 5) is 4.21. The van der Waals surface area contributed by atoms with Gasteiger partial charge in [-0.15, -0.1) is 11.6 Å². The fourth-order valence-corrected chi connectivity index (χ4v) is 1.77. The second-order valence-corrected chi connectivity index (χ2v) is 3.45. The quantitative estimate of drug-likeness (QED) is 0.657. The number of halogens is 2. The molecule has 3 heteroatoms. The van der Waals surface area contributed by atoms with Gasteiger partial charge in [-0.25, -0.2) is 0 Å². The van der Waals surface area contributed by atoms with Crippen LogP contribution >= 0.6 is 23.2 Å². The van der Waals surface area contributed by atoms with Gasteiger partial charge in [0.15, 0.2) is 0 Å². The van der Waals surface area contributed by atoms with Crippen LogP contribution in [-0.2, 0) is 5.88 Å². The highest BCUT2D eigenvalue weighted by Crippen LogP contribution is 2.23. The van der Waals surface area contributed by atoms with E-state index in [9.17, 15) is 0 Å². The minimum absolute atomic E-state index is 0.422. The van der Waals surface area contributed by atoms with Crippen molar-refractivity contribution in [2.45, 2.75) is 5.88 Å². The van der Waals surface area contributed by atoms with E-state index in [1.54, 1.807) is 6.20 Å². The third kappa shape index (κ3) is 1.62. The maximum atomic E-state index is 5.99. The average molecular weight is 212 g/mol. The molecule has 0 N–H and O–H groups in total. The zero-order valence-corrected chi connectivity index (χ0v) is 8.31. The molecule has 1 aromatic carbocycles. The van der Waals surface area contributed by atoms with Crippen molar-refractivity contribution in [1.29, 1.82) is 0 Å². The molecule has 66 valence electrons. The van der Waals surface area contributed by atoms with E-state index < -0.39 is 0 Å². The predicted octanol–water partition coefficient (Wildman–Crippen LogP) is 3.63. The summed E-state index contributed by atoms with van der Waals surface area (Å²) in [7, 11) is 0. The zero-order valence-electron chi connectivity index (χ0n) is 6.80. The van der Waals surface area contributed by atoms with Gasteiger partial charge < -0.3 is 0 Å². The Morgan fingerprint density at radius 3 is 2.92 bits per heavy atom. The van der Waals surface area contributed by atoms with Gasteiger partial charge in [0.25, 0.3) is 0 Å². The number of pyridine rings is 1. The van der Waals surface area contributed by atoms with Crippen molar-refractivity contribution in [3.8, 4) is 0 Å². The van der Waals surface area contributed by atoms with Crippen molar-refractivity contribution in [3.63, 3.8) is 0 Å².